The predicted molar refractivity (Wildman–Crippen MR) is 80.6 cm³/mol. The number of oxazole rings is 1. The Morgan fingerprint density at radius 1 is 1.32 bits per heavy atom. The monoisotopic (exact) mass is 276 g/mol. The number of anilines is 1. The molecule has 0 spiro atoms. The van der Waals surface area contributed by atoms with E-state index in [1.807, 2.05) is 24.3 Å². The number of hydrogen-bond acceptors (Lipinski definition) is 3. The number of aromatic nitrogens is 1. The number of hydrogen-bond donors (Lipinski definition) is 0. The standard InChI is InChI=1S/C15H17ClN2O/c1-4-13-17-14(11-9-7-8-10-12(11)16)15(19-13)18(5-2)6-3/h4,7-10H,1,5-6H2,2-3H3. The molecule has 0 aliphatic rings. The van der Waals surface area contributed by atoms with E-state index in [9.17, 15) is 0 Å². The molecule has 2 aromatic rings. The molecular formula is C15H17ClN2O. The summed E-state index contributed by atoms with van der Waals surface area (Å²) < 4.78 is 5.76. The van der Waals surface area contributed by atoms with Crippen LogP contribution in [0.2, 0.25) is 5.02 Å². The van der Waals surface area contributed by atoms with Crippen LogP contribution < -0.4 is 4.90 Å². The van der Waals surface area contributed by atoms with Gasteiger partial charge in [0.05, 0.1) is 5.02 Å². The van der Waals surface area contributed by atoms with Gasteiger partial charge in [-0.2, -0.15) is 0 Å². The van der Waals surface area contributed by atoms with Crippen LogP contribution in [0, 0.1) is 0 Å². The molecule has 100 valence electrons. The van der Waals surface area contributed by atoms with Crippen molar-refractivity contribution in [2.24, 2.45) is 0 Å². The van der Waals surface area contributed by atoms with E-state index >= 15 is 0 Å². The summed E-state index contributed by atoms with van der Waals surface area (Å²) in [5.41, 5.74) is 1.65. The molecule has 0 atom stereocenters. The SMILES string of the molecule is C=Cc1nc(-c2ccccc2Cl)c(N(CC)CC)o1. The first-order valence-corrected chi connectivity index (χ1v) is 6.72. The second kappa shape index (κ2) is 5.93. The molecule has 0 aliphatic carbocycles. The zero-order chi connectivity index (χ0) is 13.8. The first-order valence-electron chi connectivity index (χ1n) is 6.34. The molecule has 0 N–H and O–H groups in total. The molecule has 1 aromatic heterocycles. The third-order valence-electron chi connectivity index (χ3n) is 2.98. The third-order valence-corrected chi connectivity index (χ3v) is 3.31. The Labute approximate surface area is 118 Å². The summed E-state index contributed by atoms with van der Waals surface area (Å²) in [6, 6.07) is 7.64. The van der Waals surface area contributed by atoms with Crippen molar-refractivity contribution >= 4 is 23.6 Å². The van der Waals surface area contributed by atoms with Crippen molar-refractivity contribution in [2.45, 2.75) is 13.8 Å². The van der Waals surface area contributed by atoms with Gasteiger partial charge in [-0.25, -0.2) is 4.98 Å². The molecule has 0 aliphatic heterocycles. The maximum absolute atomic E-state index is 6.25. The van der Waals surface area contributed by atoms with E-state index in [0.29, 0.717) is 10.9 Å². The molecule has 0 unspecified atom stereocenters. The minimum Gasteiger partial charge on any atom is -0.421 e. The van der Waals surface area contributed by atoms with Gasteiger partial charge in [0.1, 0.15) is 5.69 Å². The summed E-state index contributed by atoms with van der Waals surface area (Å²) in [6.45, 7) is 9.56. The number of rotatable bonds is 5. The van der Waals surface area contributed by atoms with Crippen LogP contribution >= 0.6 is 11.6 Å². The van der Waals surface area contributed by atoms with Crippen LogP contribution in [0.15, 0.2) is 35.3 Å². The number of benzene rings is 1. The van der Waals surface area contributed by atoms with E-state index in [4.69, 9.17) is 16.0 Å². The lowest BCUT2D eigenvalue weighted by molar-refractivity contribution is 0.533. The number of nitrogens with zero attached hydrogens (tertiary/aromatic N) is 2. The number of halogens is 1. The Morgan fingerprint density at radius 2 is 2.00 bits per heavy atom. The molecule has 1 aromatic carbocycles. The smallest absolute Gasteiger partial charge is 0.224 e. The summed E-state index contributed by atoms with van der Waals surface area (Å²) in [6.07, 6.45) is 1.60. The normalized spacial score (nSPS) is 10.5. The molecule has 0 amide bonds. The van der Waals surface area contributed by atoms with Crippen molar-refractivity contribution < 1.29 is 4.42 Å². The predicted octanol–water partition coefficient (Wildman–Crippen LogP) is 4.48. The highest BCUT2D eigenvalue weighted by Gasteiger charge is 2.19. The van der Waals surface area contributed by atoms with E-state index in [1.165, 1.54) is 0 Å². The molecule has 1 heterocycles. The summed E-state index contributed by atoms with van der Waals surface area (Å²) in [7, 11) is 0. The van der Waals surface area contributed by atoms with Gasteiger partial charge < -0.3 is 9.32 Å². The van der Waals surface area contributed by atoms with E-state index < -0.39 is 0 Å². The van der Waals surface area contributed by atoms with Crippen molar-refractivity contribution in [2.75, 3.05) is 18.0 Å². The Bertz CT molecular complexity index is 573. The molecule has 0 saturated carbocycles. The lowest BCUT2D eigenvalue weighted by Gasteiger charge is -2.18. The van der Waals surface area contributed by atoms with Crippen molar-refractivity contribution in [1.82, 2.24) is 4.98 Å². The molecule has 2 rings (SSSR count). The first kappa shape index (κ1) is 13.7. The van der Waals surface area contributed by atoms with Gasteiger partial charge >= 0.3 is 0 Å². The van der Waals surface area contributed by atoms with Crippen LogP contribution in [-0.2, 0) is 0 Å². The minimum absolute atomic E-state index is 0.511. The van der Waals surface area contributed by atoms with Crippen molar-refractivity contribution in [3.63, 3.8) is 0 Å². The quantitative estimate of drug-likeness (QED) is 0.806. The molecule has 0 fully saturated rings. The van der Waals surface area contributed by atoms with Gasteiger partial charge in [0.15, 0.2) is 0 Å². The summed E-state index contributed by atoms with van der Waals surface area (Å²) in [5.74, 6) is 1.25. The Morgan fingerprint density at radius 3 is 2.58 bits per heavy atom. The van der Waals surface area contributed by atoms with Crippen LogP contribution in [0.1, 0.15) is 19.7 Å². The molecule has 3 nitrogen and oxygen atoms in total. The molecule has 0 radical (unpaired) electrons. The van der Waals surface area contributed by atoms with Crippen LogP contribution in [0.5, 0.6) is 0 Å². The molecule has 0 saturated heterocycles. The van der Waals surface area contributed by atoms with Crippen molar-refractivity contribution in [3.05, 3.63) is 41.8 Å². The molecule has 0 bridgehead atoms. The highest BCUT2D eigenvalue weighted by atomic mass is 35.5. The zero-order valence-electron chi connectivity index (χ0n) is 11.2. The Kier molecular flexibility index (Phi) is 4.27. The molecule has 4 heteroatoms. The van der Waals surface area contributed by atoms with Gasteiger partial charge in [0.25, 0.3) is 0 Å². The van der Waals surface area contributed by atoms with E-state index in [1.54, 1.807) is 6.08 Å². The fourth-order valence-corrected chi connectivity index (χ4v) is 2.19. The van der Waals surface area contributed by atoms with Crippen molar-refractivity contribution in [1.29, 1.82) is 0 Å². The fourth-order valence-electron chi connectivity index (χ4n) is 1.97. The second-order valence-corrected chi connectivity index (χ2v) is 4.47. The summed E-state index contributed by atoms with van der Waals surface area (Å²) >= 11 is 6.25. The summed E-state index contributed by atoms with van der Waals surface area (Å²) in [4.78, 5) is 6.58. The average Bonchev–Trinajstić information content (AvgIpc) is 2.85. The van der Waals surface area contributed by atoms with Crippen LogP contribution in [-0.4, -0.2) is 18.1 Å². The van der Waals surface area contributed by atoms with Crippen molar-refractivity contribution in [3.8, 4) is 11.3 Å². The maximum Gasteiger partial charge on any atom is 0.224 e. The van der Waals surface area contributed by atoms with E-state index in [0.717, 1.165) is 30.2 Å². The van der Waals surface area contributed by atoms with Crippen LogP contribution in [0.25, 0.3) is 17.3 Å². The molecule has 19 heavy (non-hydrogen) atoms. The third kappa shape index (κ3) is 2.66. The van der Waals surface area contributed by atoms with Gasteiger partial charge in [-0.1, -0.05) is 36.4 Å². The van der Waals surface area contributed by atoms with Crippen LogP contribution in [0.3, 0.4) is 0 Å². The Hall–Kier alpha value is -1.74. The minimum atomic E-state index is 0.511. The van der Waals surface area contributed by atoms with E-state index in [-0.39, 0.29) is 0 Å². The summed E-state index contributed by atoms with van der Waals surface area (Å²) in [5, 5.41) is 0.666. The van der Waals surface area contributed by atoms with Gasteiger partial charge in [0.2, 0.25) is 11.8 Å². The lowest BCUT2D eigenvalue weighted by Crippen LogP contribution is -2.21. The molecular weight excluding hydrogens is 260 g/mol. The zero-order valence-corrected chi connectivity index (χ0v) is 11.9. The highest BCUT2D eigenvalue weighted by Crippen LogP contribution is 2.35. The lowest BCUT2D eigenvalue weighted by atomic mass is 10.1. The maximum atomic E-state index is 6.25. The van der Waals surface area contributed by atoms with Gasteiger partial charge in [-0.3, -0.25) is 0 Å². The van der Waals surface area contributed by atoms with Gasteiger partial charge in [-0.15, -0.1) is 0 Å². The second-order valence-electron chi connectivity index (χ2n) is 4.06. The largest absolute Gasteiger partial charge is 0.421 e. The highest BCUT2D eigenvalue weighted by molar-refractivity contribution is 6.33. The van der Waals surface area contributed by atoms with E-state index in [2.05, 4.69) is 30.3 Å². The van der Waals surface area contributed by atoms with Gasteiger partial charge in [0, 0.05) is 18.7 Å². The van der Waals surface area contributed by atoms with Crippen LogP contribution in [0.4, 0.5) is 5.88 Å². The fraction of sp³-hybridized carbons (Fsp3) is 0.267. The topological polar surface area (TPSA) is 29.3 Å². The Balaban J connectivity index is 2.59. The average molecular weight is 277 g/mol. The first-order chi connectivity index (χ1) is 9.21. The van der Waals surface area contributed by atoms with Gasteiger partial charge in [-0.05, 0) is 26.0 Å².